The van der Waals surface area contributed by atoms with E-state index in [2.05, 4.69) is 10.3 Å². The van der Waals surface area contributed by atoms with Crippen LogP contribution in [0.3, 0.4) is 0 Å². The van der Waals surface area contributed by atoms with Crippen LogP contribution in [-0.2, 0) is 11.3 Å². The van der Waals surface area contributed by atoms with Crippen LogP contribution in [0.2, 0.25) is 5.02 Å². The van der Waals surface area contributed by atoms with Crippen LogP contribution in [0.4, 0.5) is 5.69 Å². The number of carbonyl (C=O) groups is 1. The summed E-state index contributed by atoms with van der Waals surface area (Å²) in [5.74, 6) is 0.965. The highest BCUT2D eigenvalue weighted by atomic mass is 35.5. The third-order valence-electron chi connectivity index (χ3n) is 4.87. The first-order chi connectivity index (χ1) is 16.0. The summed E-state index contributed by atoms with van der Waals surface area (Å²) in [4.78, 5) is 30.9. The van der Waals surface area contributed by atoms with Gasteiger partial charge in [-0.3, -0.25) is 14.2 Å². The number of nitrogens with zero attached hydrogens (tertiary/aromatic N) is 2. The molecule has 2 heterocycles. The molecule has 4 rings (SSSR count). The van der Waals surface area contributed by atoms with Crippen LogP contribution in [0, 0.1) is 0 Å². The summed E-state index contributed by atoms with van der Waals surface area (Å²) in [6, 6.07) is 15.7. The Morgan fingerprint density at radius 2 is 2.06 bits per heavy atom. The maximum atomic E-state index is 13.3. The number of nitrogens with one attached hydrogen (secondary N) is 1. The number of fused-ring (bicyclic) bond motifs is 1. The van der Waals surface area contributed by atoms with Crippen molar-refractivity contribution in [3.63, 3.8) is 0 Å². The number of hydrogen-bond acceptors (Lipinski definition) is 6. The van der Waals surface area contributed by atoms with Gasteiger partial charge in [0.25, 0.3) is 5.56 Å². The van der Waals surface area contributed by atoms with Crippen molar-refractivity contribution in [2.45, 2.75) is 30.8 Å². The number of thioether (sulfide) groups is 1. The molecule has 0 spiro atoms. The van der Waals surface area contributed by atoms with Gasteiger partial charge in [0.2, 0.25) is 5.91 Å². The van der Waals surface area contributed by atoms with E-state index in [1.807, 2.05) is 19.1 Å². The zero-order valence-electron chi connectivity index (χ0n) is 18.1. The van der Waals surface area contributed by atoms with Gasteiger partial charge < -0.3 is 14.5 Å². The van der Waals surface area contributed by atoms with Gasteiger partial charge in [-0.25, -0.2) is 4.98 Å². The Balaban J connectivity index is 1.65. The van der Waals surface area contributed by atoms with Crippen LogP contribution in [0.1, 0.15) is 19.6 Å². The van der Waals surface area contributed by atoms with Crippen molar-refractivity contribution in [3.05, 3.63) is 82.0 Å². The van der Waals surface area contributed by atoms with Gasteiger partial charge in [-0.2, -0.15) is 0 Å². The zero-order valence-corrected chi connectivity index (χ0v) is 19.7. The third kappa shape index (κ3) is 5.23. The molecule has 0 radical (unpaired) electrons. The highest BCUT2D eigenvalue weighted by Crippen LogP contribution is 2.28. The number of rotatable bonds is 8. The predicted octanol–water partition coefficient (Wildman–Crippen LogP) is 5.21. The lowest BCUT2D eigenvalue weighted by atomic mass is 10.2. The summed E-state index contributed by atoms with van der Waals surface area (Å²) < 4.78 is 12.5. The maximum Gasteiger partial charge on any atom is 0.262 e. The Bertz CT molecular complexity index is 1340. The standard InChI is InChI=1S/C24H22ClN3O4S/c1-3-31-21-9-5-4-8-19(21)26-22(29)15(2)33-24-27-20-13-16(25)10-11-18(20)23(30)28(24)14-17-7-6-12-32-17/h4-13,15H,3,14H2,1-2H3,(H,26,29)/t15-/m0/s1. The molecule has 1 atom stereocenters. The number of benzene rings is 2. The normalized spacial score (nSPS) is 12.0. The smallest absolute Gasteiger partial charge is 0.262 e. The minimum atomic E-state index is -0.550. The predicted molar refractivity (Wildman–Crippen MR) is 130 cm³/mol. The summed E-state index contributed by atoms with van der Waals surface area (Å²) >= 11 is 7.31. The quantitative estimate of drug-likeness (QED) is 0.273. The molecule has 170 valence electrons. The van der Waals surface area contributed by atoms with E-state index in [-0.39, 0.29) is 18.0 Å². The monoisotopic (exact) mass is 483 g/mol. The van der Waals surface area contributed by atoms with E-state index >= 15 is 0 Å². The van der Waals surface area contributed by atoms with Gasteiger partial charge in [0, 0.05) is 5.02 Å². The average molecular weight is 484 g/mol. The first kappa shape index (κ1) is 22.9. The molecule has 0 saturated carbocycles. The van der Waals surface area contributed by atoms with E-state index in [1.165, 1.54) is 16.3 Å². The molecule has 2 aromatic carbocycles. The molecular weight excluding hydrogens is 462 g/mol. The minimum absolute atomic E-state index is 0.196. The average Bonchev–Trinajstić information content (AvgIpc) is 3.31. The van der Waals surface area contributed by atoms with Crippen molar-refractivity contribution in [1.29, 1.82) is 0 Å². The first-order valence-electron chi connectivity index (χ1n) is 10.4. The minimum Gasteiger partial charge on any atom is -0.492 e. The number of halogens is 1. The Morgan fingerprint density at radius 3 is 2.82 bits per heavy atom. The molecule has 0 fully saturated rings. The molecule has 33 heavy (non-hydrogen) atoms. The lowest BCUT2D eigenvalue weighted by Crippen LogP contribution is -2.27. The number of hydrogen-bond donors (Lipinski definition) is 1. The molecular formula is C24H22ClN3O4S. The van der Waals surface area contributed by atoms with Crippen molar-refractivity contribution in [3.8, 4) is 5.75 Å². The SMILES string of the molecule is CCOc1ccccc1NC(=O)[C@H](C)Sc1nc2cc(Cl)ccc2c(=O)n1Cc1ccco1. The topological polar surface area (TPSA) is 86.4 Å². The largest absolute Gasteiger partial charge is 0.492 e. The van der Waals surface area contributed by atoms with Crippen molar-refractivity contribution in [1.82, 2.24) is 9.55 Å². The van der Waals surface area contributed by atoms with E-state index < -0.39 is 5.25 Å². The van der Waals surface area contributed by atoms with Crippen LogP contribution >= 0.6 is 23.4 Å². The summed E-state index contributed by atoms with van der Waals surface area (Å²) in [7, 11) is 0. The molecule has 0 saturated heterocycles. The van der Waals surface area contributed by atoms with Crippen LogP contribution in [0.5, 0.6) is 5.75 Å². The Morgan fingerprint density at radius 1 is 1.24 bits per heavy atom. The van der Waals surface area contributed by atoms with Crippen LogP contribution < -0.4 is 15.6 Å². The molecule has 4 aromatic rings. The summed E-state index contributed by atoms with van der Waals surface area (Å²) in [5, 5.41) is 3.67. The summed E-state index contributed by atoms with van der Waals surface area (Å²) in [5.41, 5.74) is 0.827. The lowest BCUT2D eigenvalue weighted by Gasteiger charge is -2.17. The number of ether oxygens (including phenoxy) is 1. The summed E-state index contributed by atoms with van der Waals surface area (Å²) in [6.07, 6.45) is 1.55. The second-order valence-corrected chi connectivity index (χ2v) is 8.95. The highest BCUT2D eigenvalue weighted by molar-refractivity contribution is 8.00. The fourth-order valence-corrected chi connectivity index (χ4v) is 4.33. The van der Waals surface area contributed by atoms with E-state index in [0.717, 1.165) is 0 Å². The Kier molecular flexibility index (Phi) is 7.05. The molecule has 0 aliphatic carbocycles. The Labute approximate surface area is 199 Å². The second-order valence-electron chi connectivity index (χ2n) is 7.21. The number of para-hydroxylation sites is 2. The van der Waals surface area contributed by atoms with E-state index in [1.54, 1.807) is 55.7 Å². The zero-order chi connectivity index (χ0) is 23.4. The molecule has 0 aliphatic heterocycles. The van der Waals surface area contributed by atoms with Crippen LogP contribution in [-0.4, -0.2) is 27.3 Å². The van der Waals surface area contributed by atoms with Crippen molar-refractivity contribution >= 4 is 45.9 Å². The second kappa shape index (κ2) is 10.1. The molecule has 1 N–H and O–H groups in total. The van der Waals surface area contributed by atoms with Gasteiger partial charge in [0.15, 0.2) is 5.16 Å². The van der Waals surface area contributed by atoms with E-state index in [0.29, 0.717) is 44.9 Å². The highest BCUT2D eigenvalue weighted by Gasteiger charge is 2.21. The van der Waals surface area contributed by atoms with Gasteiger partial charge in [-0.05, 0) is 56.3 Å². The number of furan rings is 1. The van der Waals surface area contributed by atoms with E-state index in [9.17, 15) is 9.59 Å². The molecule has 0 bridgehead atoms. The fourth-order valence-electron chi connectivity index (χ4n) is 3.26. The van der Waals surface area contributed by atoms with Crippen molar-refractivity contribution < 1.29 is 13.9 Å². The summed E-state index contributed by atoms with van der Waals surface area (Å²) in [6.45, 7) is 4.32. The first-order valence-corrected chi connectivity index (χ1v) is 11.6. The van der Waals surface area contributed by atoms with Crippen LogP contribution in [0.25, 0.3) is 10.9 Å². The van der Waals surface area contributed by atoms with Crippen molar-refractivity contribution in [2.24, 2.45) is 0 Å². The number of carbonyl (C=O) groups excluding carboxylic acids is 1. The maximum absolute atomic E-state index is 13.3. The van der Waals surface area contributed by atoms with E-state index in [4.69, 9.17) is 20.8 Å². The number of aromatic nitrogens is 2. The van der Waals surface area contributed by atoms with Gasteiger partial charge >= 0.3 is 0 Å². The molecule has 7 nitrogen and oxygen atoms in total. The van der Waals surface area contributed by atoms with Gasteiger partial charge in [-0.15, -0.1) is 0 Å². The third-order valence-corrected chi connectivity index (χ3v) is 6.20. The molecule has 9 heteroatoms. The molecule has 2 aromatic heterocycles. The van der Waals surface area contributed by atoms with Crippen molar-refractivity contribution in [2.75, 3.05) is 11.9 Å². The fraction of sp³-hybridized carbons (Fsp3) is 0.208. The molecule has 1 amide bonds. The molecule has 0 aliphatic rings. The van der Waals surface area contributed by atoms with Gasteiger partial charge in [0.05, 0.1) is 41.3 Å². The number of anilines is 1. The molecule has 0 unspecified atom stereocenters. The number of amides is 1. The van der Waals surface area contributed by atoms with Crippen LogP contribution in [0.15, 0.2) is 75.2 Å². The lowest BCUT2D eigenvalue weighted by molar-refractivity contribution is -0.115. The van der Waals surface area contributed by atoms with Gasteiger partial charge in [0.1, 0.15) is 11.5 Å². The van der Waals surface area contributed by atoms with Gasteiger partial charge in [-0.1, -0.05) is 35.5 Å². The Hall–Kier alpha value is -3.23.